The molecule has 2 N–H and O–H groups in total. The number of hydrogen-bond acceptors (Lipinski definition) is 1. The van der Waals surface area contributed by atoms with Gasteiger partial charge in [0, 0.05) is 10.8 Å². The van der Waals surface area contributed by atoms with Gasteiger partial charge in [-0.1, -0.05) is 77.6 Å². The van der Waals surface area contributed by atoms with Crippen molar-refractivity contribution in [2.24, 2.45) is 5.73 Å². The summed E-state index contributed by atoms with van der Waals surface area (Å²) in [5, 5.41) is 0.321. The van der Waals surface area contributed by atoms with Gasteiger partial charge in [0.1, 0.15) is 0 Å². The first-order valence-electron chi connectivity index (χ1n) is 9.20. The van der Waals surface area contributed by atoms with Crippen LogP contribution in [0.1, 0.15) is 96.8 Å². The van der Waals surface area contributed by atoms with E-state index >= 15 is 0 Å². The van der Waals surface area contributed by atoms with Gasteiger partial charge in [-0.2, -0.15) is 0 Å². The van der Waals surface area contributed by atoms with Crippen LogP contribution < -0.4 is 5.73 Å². The molecule has 0 radical (unpaired) electrons. The number of nitrogens with two attached hydrogens (primary N) is 1. The Morgan fingerprint density at radius 1 is 0.619 bits per heavy atom. The molecule has 2 unspecified atom stereocenters. The molecule has 21 heavy (non-hydrogen) atoms. The molecule has 0 fully saturated rings. The number of halogens is 2. The van der Waals surface area contributed by atoms with Gasteiger partial charge in [0.15, 0.2) is 0 Å². The van der Waals surface area contributed by atoms with Gasteiger partial charge in [0.05, 0.1) is 0 Å². The lowest BCUT2D eigenvalue weighted by molar-refractivity contribution is 0.538. The summed E-state index contributed by atoms with van der Waals surface area (Å²) >= 11 is 12.8. The first-order chi connectivity index (χ1) is 10.2. The van der Waals surface area contributed by atoms with Crippen molar-refractivity contribution in [2.75, 3.05) is 6.54 Å². The van der Waals surface area contributed by atoms with Gasteiger partial charge in [-0.25, -0.2) is 0 Å². The number of alkyl halides is 2. The molecule has 0 spiro atoms. The van der Waals surface area contributed by atoms with Crippen molar-refractivity contribution in [1.82, 2.24) is 0 Å². The van der Waals surface area contributed by atoms with Crippen molar-refractivity contribution in [3.63, 3.8) is 0 Å². The first-order valence-corrected chi connectivity index (χ1v) is 10.1. The van der Waals surface area contributed by atoms with Gasteiger partial charge in [-0.05, 0) is 25.8 Å². The van der Waals surface area contributed by atoms with E-state index in [-0.39, 0.29) is 10.8 Å². The van der Waals surface area contributed by atoms with E-state index in [2.05, 4.69) is 6.92 Å². The molecule has 128 valence electrons. The van der Waals surface area contributed by atoms with Crippen LogP contribution in [-0.2, 0) is 0 Å². The van der Waals surface area contributed by atoms with E-state index in [1.807, 2.05) is 0 Å². The maximum Gasteiger partial charge on any atom is 0.0499 e. The Balaban J connectivity index is 3.34. The lowest BCUT2D eigenvalue weighted by Gasteiger charge is -2.16. The molecular formula is C18H37Cl2N. The molecule has 0 amide bonds. The number of hydrogen-bond donors (Lipinski definition) is 1. The molecule has 3 heteroatoms. The van der Waals surface area contributed by atoms with E-state index in [4.69, 9.17) is 28.9 Å². The molecule has 0 rings (SSSR count). The maximum atomic E-state index is 6.41. The van der Waals surface area contributed by atoms with Gasteiger partial charge >= 0.3 is 0 Å². The quantitative estimate of drug-likeness (QED) is 0.248. The molecule has 0 aliphatic heterocycles. The minimum absolute atomic E-state index is 0.159. The SMILES string of the molecule is CCCCCCCCC(Cl)C(Cl)CCCCCCCCN. The van der Waals surface area contributed by atoms with Crippen molar-refractivity contribution in [2.45, 2.75) is 108 Å². The molecule has 0 saturated heterocycles. The third kappa shape index (κ3) is 15.2. The summed E-state index contributed by atoms with van der Waals surface area (Å²) in [5.74, 6) is 0. The van der Waals surface area contributed by atoms with E-state index in [0.717, 1.165) is 19.4 Å². The largest absolute Gasteiger partial charge is 0.330 e. The predicted molar refractivity (Wildman–Crippen MR) is 98.6 cm³/mol. The van der Waals surface area contributed by atoms with Crippen molar-refractivity contribution in [3.8, 4) is 0 Å². The summed E-state index contributed by atoms with van der Waals surface area (Å²) in [6.45, 7) is 3.08. The van der Waals surface area contributed by atoms with Crippen molar-refractivity contribution >= 4 is 23.2 Å². The Hall–Kier alpha value is 0.540. The zero-order valence-electron chi connectivity index (χ0n) is 14.1. The Morgan fingerprint density at radius 3 is 1.43 bits per heavy atom. The molecule has 0 aliphatic rings. The topological polar surface area (TPSA) is 26.0 Å². The van der Waals surface area contributed by atoms with E-state index in [9.17, 15) is 0 Å². The summed E-state index contributed by atoms with van der Waals surface area (Å²) in [7, 11) is 0. The molecule has 0 bridgehead atoms. The average Bonchev–Trinajstić information content (AvgIpc) is 2.49. The Morgan fingerprint density at radius 2 is 1.00 bits per heavy atom. The van der Waals surface area contributed by atoms with Crippen LogP contribution in [0.5, 0.6) is 0 Å². The zero-order chi connectivity index (χ0) is 15.8. The van der Waals surface area contributed by atoms with E-state index in [1.54, 1.807) is 0 Å². The molecule has 2 atom stereocenters. The summed E-state index contributed by atoms with van der Waals surface area (Å²) < 4.78 is 0. The molecule has 0 heterocycles. The number of unbranched alkanes of at least 4 members (excludes halogenated alkanes) is 10. The van der Waals surface area contributed by atoms with Crippen molar-refractivity contribution in [1.29, 1.82) is 0 Å². The van der Waals surface area contributed by atoms with Gasteiger partial charge in [-0.15, -0.1) is 23.2 Å². The minimum Gasteiger partial charge on any atom is -0.330 e. The molecule has 0 aliphatic carbocycles. The van der Waals surface area contributed by atoms with Crippen LogP contribution in [0.15, 0.2) is 0 Å². The van der Waals surface area contributed by atoms with Crippen LogP contribution in [0.4, 0.5) is 0 Å². The highest BCUT2D eigenvalue weighted by atomic mass is 35.5. The minimum atomic E-state index is 0.159. The van der Waals surface area contributed by atoms with Crippen molar-refractivity contribution in [3.05, 3.63) is 0 Å². The van der Waals surface area contributed by atoms with Crippen LogP contribution in [0.25, 0.3) is 0 Å². The third-order valence-electron chi connectivity index (χ3n) is 4.16. The Kier molecular flexibility index (Phi) is 17.3. The molecule has 0 saturated carbocycles. The fourth-order valence-electron chi connectivity index (χ4n) is 2.67. The first kappa shape index (κ1) is 21.5. The fraction of sp³-hybridized carbons (Fsp3) is 1.00. The molecule has 0 aromatic heterocycles. The molecule has 0 aromatic rings. The second-order valence-corrected chi connectivity index (χ2v) is 7.41. The van der Waals surface area contributed by atoms with E-state index in [1.165, 1.54) is 77.0 Å². The zero-order valence-corrected chi connectivity index (χ0v) is 15.6. The summed E-state index contributed by atoms with van der Waals surface area (Å²) in [4.78, 5) is 0. The monoisotopic (exact) mass is 337 g/mol. The third-order valence-corrected chi connectivity index (χ3v) is 5.33. The highest BCUT2D eigenvalue weighted by Crippen LogP contribution is 2.22. The lowest BCUT2D eigenvalue weighted by Crippen LogP contribution is -2.14. The maximum absolute atomic E-state index is 6.41. The summed E-state index contributed by atoms with van der Waals surface area (Å²) in [6, 6.07) is 0. The molecule has 1 nitrogen and oxygen atoms in total. The van der Waals surface area contributed by atoms with Crippen molar-refractivity contribution < 1.29 is 0 Å². The van der Waals surface area contributed by atoms with Crippen LogP contribution in [0.3, 0.4) is 0 Å². The van der Waals surface area contributed by atoms with E-state index in [0.29, 0.717) is 0 Å². The predicted octanol–water partition coefficient (Wildman–Crippen LogP) is 6.64. The second kappa shape index (κ2) is 16.9. The molecule has 0 aromatic carbocycles. The normalized spacial score (nSPS) is 14.3. The summed E-state index contributed by atoms with van der Waals surface area (Å²) in [5.41, 5.74) is 5.48. The Labute approximate surface area is 143 Å². The van der Waals surface area contributed by atoms with Crippen LogP contribution in [-0.4, -0.2) is 17.3 Å². The standard InChI is InChI=1S/C18H37Cl2N/c1-2-3-4-5-8-11-14-17(19)18(20)15-12-9-6-7-10-13-16-21/h17-18H,2-16,21H2,1H3. The van der Waals surface area contributed by atoms with Gasteiger partial charge in [-0.3, -0.25) is 0 Å². The van der Waals surface area contributed by atoms with E-state index < -0.39 is 0 Å². The molecular weight excluding hydrogens is 301 g/mol. The lowest BCUT2D eigenvalue weighted by atomic mass is 10.0. The smallest absolute Gasteiger partial charge is 0.0499 e. The second-order valence-electron chi connectivity index (χ2n) is 6.29. The highest BCUT2D eigenvalue weighted by Gasteiger charge is 2.15. The van der Waals surface area contributed by atoms with Gasteiger partial charge < -0.3 is 5.73 Å². The average molecular weight is 338 g/mol. The number of rotatable bonds is 16. The Bertz CT molecular complexity index is 200. The fourth-order valence-corrected chi connectivity index (χ4v) is 3.23. The van der Waals surface area contributed by atoms with Gasteiger partial charge in [0.25, 0.3) is 0 Å². The van der Waals surface area contributed by atoms with Crippen LogP contribution in [0.2, 0.25) is 0 Å². The van der Waals surface area contributed by atoms with Crippen LogP contribution >= 0.6 is 23.2 Å². The van der Waals surface area contributed by atoms with Gasteiger partial charge in [0.2, 0.25) is 0 Å². The summed E-state index contributed by atoms with van der Waals surface area (Å²) in [6.07, 6.45) is 17.7. The van der Waals surface area contributed by atoms with Crippen LogP contribution in [0, 0.1) is 0 Å². The highest BCUT2D eigenvalue weighted by molar-refractivity contribution is 6.29.